The Morgan fingerprint density at radius 2 is 2.08 bits per heavy atom. The van der Waals surface area contributed by atoms with Crippen LogP contribution >= 0.6 is 0 Å². The van der Waals surface area contributed by atoms with E-state index in [2.05, 4.69) is 33.3 Å². The summed E-state index contributed by atoms with van der Waals surface area (Å²) >= 11 is 0. The maximum Gasteiger partial charge on any atom is 0.247 e. The Hall–Kier alpha value is -2.47. The first kappa shape index (κ1) is 15.1. The van der Waals surface area contributed by atoms with Gasteiger partial charge in [-0.25, -0.2) is 0 Å². The van der Waals surface area contributed by atoms with Gasteiger partial charge in [-0.2, -0.15) is 5.10 Å². The Labute approximate surface area is 141 Å². The van der Waals surface area contributed by atoms with Gasteiger partial charge in [-0.15, -0.1) is 10.2 Å². The zero-order valence-electron chi connectivity index (χ0n) is 13.8. The minimum atomic E-state index is 0.469. The molecule has 0 amide bonds. The van der Waals surface area contributed by atoms with Crippen molar-refractivity contribution < 1.29 is 4.42 Å². The second-order valence-electron chi connectivity index (χ2n) is 6.37. The van der Waals surface area contributed by atoms with Crippen LogP contribution in [-0.4, -0.2) is 37.5 Å². The van der Waals surface area contributed by atoms with Crippen molar-refractivity contribution in [3.63, 3.8) is 0 Å². The molecule has 1 aromatic carbocycles. The van der Waals surface area contributed by atoms with Gasteiger partial charge in [0.25, 0.3) is 0 Å². The Morgan fingerprint density at radius 3 is 2.88 bits per heavy atom. The quantitative estimate of drug-likeness (QED) is 0.722. The van der Waals surface area contributed by atoms with Gasteiger partial charge in [-0.3, -0.25) is 9.58 Å². The minimum absolute atomic E-state index is 0.469. The Bertz CT molecular complexity index is 795. The molecule has 1 aliphatic rings. The zero-order valence-corrected chi connectivity index (χ0v) is 13.8. The van der Waals surface area contributed by atoms with Crippen LogP contribution in [0.3, 0.4) is 0 Å². The molecule has 6 heteroatoms. The summed E-state index contributed by atoms with van der Waals surface area (Å²) in [5.74, 6) is 1.27. The fourth-order valence-electron chi connectivity index (χ4n) is 3.28. The Morgan fingerprint density at radius 1 is 1.21 bits per heavy atom. The highest BCUT2D eigenvalue weighted by Gasteiger charge is 2.26. The van der Waals surface area contributed by atoms with Gasteiger partial charge in [-0.05, 0) is 44.0 Å². The molecule has 1 saturated heterocycles. The summed E-state index contributed by atoms with van der Waals surface area (Å²) in [5, 5.41) is 12.8. The number of hydrogen-bond donors (Lipinski definition) is 0. The minimum Gasteiger partial charge on any atom is -0.419 e. The van der Waals surface area contributed by atoms with Crippen LogP contribution < -0.4 is 0 Å². The van der Waals surface area contributed by atoms with E-state index in [1.165, 1.54) is 18.4 Å². The van der Waals surface area contributed by atoms with Gasteiger partial charge in [0.05, 0.1) is 19.3 Å². The third kappa shape index (κ3) is 3.23. The van der Waals surface area contributed by atoms with E-state index in [4.69, 9.17) is 4.42 Å². The summed E-state index contributed by atoms with van der Waals surface area (Å²) in [6.07, 6.45) is 6.38. The van der Waals surface area contributed by atoms with Crippen molar-refractivity contribution in [2.24, 2.45) is 0 Å². The van der Waals surface area contributed by atoms with Crippen molar-refractivity contribution in [3.05, 3.63) is 54.2 Å². The van der Waals surface area contributed by atoms with Gasteiger partial charge in [0.15, 0.2) is 0 Å². The molecule has 0 radical (unpaired) electrons. The van der Waals surface area contributed by atoms with Gasteiger partial charge < -0.3 is 4.42 Å². The molecule has 2 aromatic heterocycles. The van der Waals surface area contributed by atoms with Crippen molar-refractivity contribution in [1.29, 1.82) is 0 Å². The number of benzene rings is 1. The number of hydrogen-bond acceptors (Lipinski definition) is 5. The molecule has 3 heterocycles. The monoisotopic (exact) mass is 323 g/mol. The fraction of sp³-hybridized carbons (Fsp3) is 0.389. The second kappa shape index (κ2) is 6.57. The molecule has 24 heavy (non-hydrogen) atoms. The van der Waals surface area contributed by atoms with E-state index in [1.807, 2.05) is 41.2 Å². The first-order valence-corrected chi connectivity index (χ1v) is 8.39. The molecule has 1 fully saturated rings. The van der Waals surface area contributed by atoms with Crippen LogP contribution in [0.5, 0.6) is 0 Å². The smallest absolute Gasteiger partial charge is 0.247 e. The highest BCUT2D eigenvalue weighted by Crippen LogP contribution is 2.23. The molecule has 1 aliphatic heterocycles. The van der Waals surface area contributed by atoms with E-state index >= 15 is 0 Å². The molecule has 0 aliphatic carbocycles. The largest absolute Gasteiger partial charge is 0.419 e. The average molecular weight is 323 g/mol. The summed E-state index contributed by atoms with van der Waals surface area (Å²) in [7, 11) is 0. The Balaban J connectivity index is 1.43. The van der Waals surface area contributed by atoms with Crippen LogP contribution in [0.2, 0.25) is 0 Å². The molecule has 0 spiro atoms. The molecule has 1 atom stereocenters. The van der Waals surface area contributed by atoms with Crippen molar-refractivity contribution in [2.45, 2.75) is 38.9 Å². The van der Waals surface area contributed by atoms with Gasteiger partial charge in [0.2, 0.25) is 11.8 Å². The first-order chi connectivity index (χ1) is 11.8. The molecule has 3 aromatic rings. The van der Waals surface area contributed by atoms with E-state index in [0.717, 1.165) is 18.7 Å². The van der Waals surface area contributed by atoms with Crippen molar-refractivity contribution in [2.75, 3.05) is 6.54 Å². The predicted octanol–water partition coefficient (Wildman–Crippen LogP) is 2.91. The average Bonchev–Trinajstić information content (AvgIpc) is 3.32. The summed E-state index contributed by atoms with van der Waals surface area (Å²) in [5.41, 5.74) is 2.16. The highest BCUT2D eigenvalue weighted by molar-refractivity contribution is 5.51. The maximum absolute atomic E-state index is 5.85. The molecular formula is C18H21N5O. The number of nitrogens with zero attached hydrogens (tertiary/aromatic N) is 5. The molecule has 0 N–H and O–H groups in total. The van der Waals surface area contributed by atoms with E-state index in [-0.39, 0.29) is 0 Å². The third-order valence-corrected chi connectivity index (χ3v) is 4.49. The van der Waals surface area contributed by atoms with E-state index in [0.29, 0.717) is 24.4 Å². The number of likely N-dealkylation sites (tertiary alicyclic amines) is 1. The first-order valence-electron chi connectivity index (χ1n) is 8.39. The second-order valence-corrected chi connectivity index (χ2v) is 6.37. The van der Waals surface area contributed by atoms with Crippen LogP contribution in [-0.2, 0) is 13.1 Å². The molecule has 6 nitrogen and oxygen atoms in total. The number of aromatic nitrogens is 4. The van der Waals surface area contributed by atoms with Gasteiger partial charge >= 0.3 is 0 Å². The predicted molar refractivity (Wildman–Crippen MR) is 90.1 cm³/mol. The standard InChI is InChI=1S/C18H21N5O/c1-14-10-19-23(11-14)12-16-8-5-9-22(16)13-17-20-21-18(24-17)15-6-3-2-4-7-15/h2-4,6-7,10-11,16H,5,8-9,12-13H2,1H3/t16-/m1/s1. The lowest BCUT2D eigenvalue weighted by atomic mass is 10.2. The molecule has 124 valence electrons. The number of rotatable bonds is 5. The summed E-state index contributed by atoms with van der Waals surface area (Å²) in [6.45, 7) is 4.74. The lowest BCUT2D eigenvalue weighted by Gasteiger charge is -2.22. The molecule has 0 bridgehead atoms. The van der Waals surface area contributed by atoms with E-state index in [9.17, 15) is 0 Å². The van der Waals surface area contributed by atoms with Crippen molar-refractivity contribution in [1.82, 2.24) is 24.9 Å². The van der Waals surface area contributed by atoms with Crippen LogP contribution in [0.4, 0.5) is 0 Å². The van der Waals surface area contributed by atoms with Gasteiger partial charge in [0.1, 0.15) is 0 Å². The van der Waals surface area contributed by atoms with Crippen LogP contribution in [0.15, 0.2) is 47.1 Å². The highest BCUT2D eigenvalue weighted by atomic mass is 16.4. The van der Waals surface area contributed by atoms with Gasteiger partial charge in [-0.1, -0.05) is 18.2 Å². The molecule has 0 unspecified atom stereocenters. The van der Waals surface area contributed by atoms with Crippen LogP contribution in [0.25, 0.3) is 11.5 Å². The maximum atomic E-state index is 5.85. The normalized spacial score (nSPS) is 18.3. The molecular weight excluding hydrogens is 302 g/mol. The fourth-order valence-corrected chi connectivity index (χ4v) is 3.28. The Kier molecular flexibility index (Phi) is 4.13. The summed E-state index contributed by atoms with van der Waals surface area (Å²) < 4.78 is 7.88. The van der Waals surface area contributed by atoms with Crippen molar-refractivity contribution >= 4 is 0 Å². The van der Waals surface area contributed by atoms with Crippen molar-refractivity contribution in [3.8, 4) is 11.5 Å². The number of aryl methyl sites for hydroxylation is 1. The lowest BCUT2D eigenvalue weighted by Crippen LogP contribution is -2.32. The van der Waals surface area contributed by atoms with Crippen LogP contribution in [0.1, 0.15) is 24.3 Å². The summed E-state index contributed by atoms with van der Waals surface area (Å²) in [6, 6.07) is 10.4. The van der Waals surface area contributed by atoms with E-state index in [1.54, 1.807) is 0 Å². The van der Waals surface area contributed by atoms with Gasteiger partial charge in [0, 0.05) is 17.8 Å². The van der Waals surface area contributed by atoms with E-state index < -0.39 is 0 Å². The summed E-state index contributed by atoms with van der Waals surface area (Å²) in [4.78, 5) is 2.42. The zero-order chi connectivity index (χ0) is 16.4. The topological polar surface area (TPSA) is 60.0 Å². The van der Waals surface area contributed by atoms with Crippen LogP contribution in [0, 0.1) is 6.92 Å². The molecule has 4 rings (SSSR count). The SMILES string of the molecule is Cc1cnn(C[C@H]2CCCN2Cc2nnc(-c3ccccc3)o2)c1. The lowest BCUT2D eigenvalue weighted by molar-refractivity contribution is 0.200. The molecule has 0 saturated carbocycles. The third-order valence-electron chi connectivity index (χ3n) is 4.49.